The Hall–Kier alpha value is -0.560. The van der Waals surface area contributed by atoms with E-state index in [0.717, 1.165) is 6.42 Å². The van der Waals surface area contributed by atoms with Crippen LogP contribution in [0.2, 0.25) is 0 Å². The fraction of sp³-hybridized carbons (Fsp3) is 0.714. The van der Waals surface area contributed by atoms with Crippen LogP contribution in [0.15, 0.2) is 23.8 Å². The van der Waals surface area contributed by atoms with Crippen LogP contribution in [-0.4, -0.2) is 11.2 Å². The van der Waals surface area contributed by atoms with Crippen molar-refractivity contribution in [3.8, 4) is 0 Å². The molecule has 0 aliphatic carbocycles. The van der Waals surface area contributed by atoms with Crippen LogP contribution in [0.25, 0.3) is 0 Å². The molecule has 0 spiro atoms. The molecule has 0 saturated carbocycles. The number of rotatable bonds is 2. The van der Waals surface area contributed by atoms with Crippen LogP contribution in [0.5, 0.6) is 0 Å². The molecule has 0 saturated heterocycles. The van der Waals surface area contributed by atoms with Gasteiger partial charge < -0.3 is 4.74 Å². The molecule has 2 atom stereocenters. The topological polar surface area (TPSA) is 9.23 Å². The van der Waals surface area contributed by atoms with E-state index >= 15 is 0 Å². The van der Waals surface area contributed by atoms with E-state index in [2.05, 4.69) is 52.8 Å². The maximum Gasteiger partial charge on any atom is 0.108 e. The molecule has 84 valence electrons. The van der Waals surface area contributed by atoms with Gasteiger partial charge in [0.05, 0.1) is 5.60 Å². The van der Waals surface area contributed by atoms with Crippen molar-refractivity contribution in [1.29, 1.82) is 0 Å². The molecule has 1 heteroatoms. The van der Waals surface area contributed by atoms with Gasteiger partial charge in [0.2, 0.25) is 0 Å². The summed E-state index contributed by atoms with van der Waals surface area (Å²) in [6, 6.07) is 0. The maximum absolute atomic E-state index is 6.38. The van der Waals surface area contributed by atoms with Crippen LogP contribution in [-0.2, 0) is 4.74 Å². The first-order valence-corrected chi connectivity index (χ1v) is 5.99. The molecule has 2 bridgehead atoms. The van der Waals surface area contributed by atoms with Gasteiger partial charge in [-0.15, -0.1) is 0 Å². The molecule has 0 radical (unpaired) electrons. The third kappa shape index (κ3) is 1.48. The molecule has 2 aliphatic heterocycles. The van der Waals surface area contributed by atoms with Gasteiger partial charge >= 0.3 is 0 Å². The van der Waals surface area contributed by atoms with Gasteiger partial charge in [0.1, 0.15) is 5.60 Å². The third-order valence-corrected chi connectivity index (χ3v) is 3.90. The van der Waals surface area contributed by atoms with E-state index in [1.165, 1.54) is 5.57 Å². The van der Waals surface area contributed by atoms with Gasteiger partial charge in [-0.05, 0) is 30.9 Å². The molecular formula is C14H22O. The molecule has 0 aromatic carbocycles. The second-order valence-corrected chi connectivity index (χ2v) is 5.72. The van der Waals surface area contributed by atoms with E-state index in [1.54, 1.807) is 0 Å². The zero-order chi connectivity index (χ0) is 11.3. The number of hydrogen-bond acceptors (Lipinski definition) is 1. The quantitative estimate of drug-likeness (QED) is 0.626. The SMILES string of the molecule is CC1=CC2(C(C)C)C=CC(C(C)C)(C1)O2. The van der Waals surface area contributed by atoms with E-state index < -0.39 is 0 Å². The van der Waals surface area contributed by atoms with Gasteiger partial charge in [-0.3, -0.25) is 0 Å². The Bertz CT molecular complexity index is 324. The lowest BCUT2D eigenvalue weighted by Gasteiger charge is -2.43. The highest BCUT2D eigenvalue weighted by molar-refractivity contribution is 5.34. The van der Waals surface area contributed by atoms with E-state index in [9.17, 15) is 0 Å². The fourth-order valence-corrected chi connectivity index (χ4v) is 2.70. The monoisotopic (exact) mass is 206 g/mol. The predicted octanol–water partition coefficient (Wildman–Crippen LogP) is 3.71. The number of hydrogen-bond donors (Lipinski definition) is 0. The highest BCUT2D eigenvalue weighted by Crippen LogP contribution is 2.48. The Balaban J connectivity index is 2.42. The molecule has 1 nitrogen and oxygen atoms in total. The van der Waals surface area contributed by atoms with Gasteiger partial charge in [-0.1, -0.05) is 39.3 Å². The van der Waals surface area contributed by atoms with Crippen molar-refractivity contribution in [2.24, 2.45) is 11.8 Å². The average molecular weight is 206 g/mol. The summed E-state index contributed by atoms with van der Waals surface area (Å²) in [5.41, 5.74) is 1.30. The van der Waals surface area contributed by atoms with Crippen LogP contribution in [0, 0.1) is 11.8 Å². The lowest BCUT2D eigenvalue weighted by atomic mass is 9.82. The standard InChI is InChI=1S/C14H22O/c1-10(2)13-6-7-14(15-13,11(3)4)9-12(5)8-13/h6-8,10-11H,9H2,1-5H3. The number of fused-ring (bicyclic) bond motifs is 2. The zero-order valence-electron chi connectivity index (χ0n) is 10.5. The normalized spacial score (nSPS) is 39.0. The molecule has 2 unspecified atom stereocenters. The molecule has 0 aromatic heterocycles. The molecule has 2 heterocycles. The van der Waals surface area contributed by atoms with Crippen molar-refractivity contribution in [2.45, 2.75) is 52.2 Å². The molecule has 0 amide bonds. The van der Waals surface area contributed by atoms with Gasteiger partial charge in [-0.2, -0.15) is 0 Å². The fourth-order valence-electron chi connectivity index (χ4n) is 2.70. The van der Waals surface area contributed by atoms with Crippen LogP contribution in [0.1, 0.15) is 41.0 Å². The largest absolute Gasteiger partial charge is 0.355 e. The summed E-state index contributed by atoms with van der Waals surface area (Å²) in [6.07, 6.45) is 7.93. The van der Waals surface area contributed by atoms with Crippen molar-refractivity contribution in [1.82, 2.24) is 0 Å². The first-order chi connectivity index (χ1) is 6.90. The van der Waals surface area contributed by atoms with Crippen LogP contribution in [0.4, 0.5) is 0 Å². The predicted molar refractivity (Wildman–Crippen MR) is 63.7 cm³/mol. The minimum atomic E-state index is -0.132. The Morgan fingerprint density at radius 2 is 1.80 bits per heavy atom. The minimum absolute atomic E-state index is 0.0386. The van der Waals surface area contributed by atoms with Crippen LogP contribution in [0.3, 0.4) is 0 Å². The summed E-state index contributed by atoms with van der Waals surface area (Å²) in [5, 5.41) is 0. The molecule has 15 heavy (non-hydrogen) atoms. The van der Waals surface area contributed by atoms with E-state index in [0.29, 0.717) is 11.8 Å². The van der Waals surface area contributed by atoms with E-state index in [4.69, 9.17) is 4.74 Å². The lowest BCUT2D eigenvalue weighted by molar-refractivity contribution is -0.115. The molecule has 2 aliphatic rings. The molecule has 0 N–H and O–H groups in total. The van der Waals surface area contributed by atoms with Crippen molar-refractivity contribution in [3.05, 3.63) is 23.8 Å². The first kappa shape index (κ1) is 10.9. The summed E-state index contributed by atoms with van der Waals surface area (Å²) in [6.45, 7) is 11.2. The maximum atomic E-state index is 6.38. The van der Waals surface area contributed by atoms with Crippen molar-refractivity contribution < 1.29 is 4.74 Å². The zero-order valence-corrected chi connectivity index (χ0v) is 10.5. The summed E-state index contributed by atoms with van der Waals surface area (Å²) >= 11 is 0. The Morgan fingerprint density at radius 3 is 2.33 bits per heavy atom. The van der Waals surface area contributed by atoms with Crippen molar-refractivity contribution in [2.75, 3.05) is 0 Å². The second kappa shape index (κ2) is 3.21. The highest BCUT2D eigenvalue weighted by Gasteiger charge is 2.49. The molecule has 2 rings (SSSR count). The van der Waals surface area contributed by atoms with Crippen molar-refractivity contribution >= 4 is 0 Å². The lowest BCUT2D eigenvalue weighted by Crippen LogP contribution is -2.45. The van der Waals surface area contributed by atoms with E-state index in [1.807, 2.05) is 0 Å². The van der Waals surface area contributed by atoms with E-state index in [-0.39, 0.29) is 11.2 Å². The van der Waals surface area contributed by atoms with Gasteiger partial charge in [0.15, 0.2) is 0 Å². The van der Waals surface area contributed by atoms with Gasteiger partial charge in [0.25, 0.3) is 0 Å². The van der Waals surface area contributed by atoms with Crippen LogP contribution < -0.4 is 0 Å². The number of ether oxygens (including phenoxy) is 1. The molecular weight excluding hydrogens is 184 g/mol. The Kier molecular flexibility index (Phi) is 2.34. The van der Waals surface area contributed by atoms with Gasteiger partial charge in [-0.25, -0.2) is 0 Å². The Morgan fingerprint density at radius 1 is 1.13 bits per heavy atom. The highest BCUT2D eigenvalue weighted by atomic mass is 16.5. The third-order valence-electron chi connectivity index (χ3n) is 3.90. The average Bonchev–Trinajstić information content (AvgIpc) is 2.41. The smallest absolute Gasteiger partial charge is 0.108 e. The van der Waals surface area contributed by atoms with Crippen LogP contribution >= 0.6 is 0 Å². The van der Waals surface area contributed by atoms with Crippen molar-refractivity contribution in [3.63, 3.8) is 0 Å². The Labute approximate surface area is 93.2 Å². The second-order valence-electron chi connectivity index (χ2n) is 5.72. The molecule has 0 aromatic rings. The summed E-state index contributed by atoms with van der Waals surface area (Å²) < 4.78 is 6.38. The molecule has 0 fully saturated rings. The first-order valence-electron chi connectivity index (χ1n) is 5.99. The van der Waals surface area contributed by atoms with Gasteiger partial charge in [0, 0.05) is 6.42 Å². The summed E-state index contributed by atoms with van der Waals surface area (Å²) in [7, 11) is 0. The summed E-state index contributed by atoms with van der Waals surface area (Å²) in [4.78, 5) is 0. The summed E-state index contributed by atoms with van der Waals surface area (Å²) in [5.74, 6) is 1.04. The minimum Gasteiger partial charge on any atom is -0.355 e.